The van der Waals surface area contributed by atoms with E-state index in [4.69, 9.17) is 0 Å². The summed E-state index contributed by atoms with van der Waals surface area (Å²) in [6, 6.07) is 6.09. The maximum Gasteiger partial charge on any atom is 0.159 e. The van der Waals surface area contributed by atoms with Gasteiger partial charge in [-0.3, -0.25) is 4.79 Å². The second kappa shape index (κ2) is 8.13. The van der Waals surface area contributed by atoms with Gasteiger partial charge in [-0.1, -0.05) is 19.9 Å². The van der Waals surface area contributed by atoms with E-state index in [1.54, 1.807) is 4.80 Å². The summed E-state index contributed by atoms with van der Waals surface area (Å²) in [6.07, 6.45) is 11.6. The number of aromatic nitrogens is 3. The lowest BCUT2D eigenvalue weighted by Crippen LogP contribution is -2.56. The van der Waals surface area contributed by atoms with E-state index >= 15 is 0 Å². The molecule has 1 aromatic carbocycles. The molecule has 190 valence electrons. The maximum atomic E-state index is 13.7. The second-order valence-electron chi connectivity index (χ2n) is 13.3. The number of fused-ring (bicyclic) bond motifs is 6. The highest BCUT2D eigenvalue weighted by molar-refractivity contribution is 5.82. The molecule has 0 amide bonds. The van der Waals surface area contributed by atoms with Crippen LogP contribution in [0.3, 0.4) is 0 Å². The van der Waals surface area contributed by atoms with Crippen LogP contribution in [0.5, 0.6) is 0 Å². The third-order valence-electron chi connectivity index (χ3n) is 11.6. The van der Waals surface area contributed by atoms with Gasteiger partial charge in [-0.05, 0) is 130 Å². The molecule has 0 unspecified atom stereocenters. The van der Waals surface area contributed by atoms with Gasteiger partial charge < -0.3 is 5.11 Å². The SMILES string of the molecule is CC[C@]12CC[C@@](C)(O)C[C@@H]1CC[C@H]1[C@@H]3CC[C@H](C(=O)Cn4nc5ccc(C)cc5n4)[C@@]3(C)CC[C@@H]12. The predicted octanol–water partition coefficient (Wildman–Crippen LogP) is 6.11. The standard InChI is InChI=1S/C30H43N3O2/c1-5-30-15-14-28(3,35)17-20(30)7-8-21-22-9-10-24(29(22,4)13-12-23(21)30)27(34)18-33-31-25-11-6-19(2)16-26(25)32-33/h6,11,16,20-24,35H,5,7-10,12-15,17-18H2,1-4H3/t20-,21-,22-,23-,24+,28+,29-,30-/m0/s1. The van der Waals surface area contributed by atoms with Gasteiger partial charge in [0, 0.05) is 5.92 Å². The Bertz CT molecular complexity index is 1140. The van der Waals surface area contributed by atoms with E-state index < -0.39 is 5.60 Å². The molecule has 0 saturated heterocycles. The fourth-order valence-electron chi connectivity index (χ4n) is 9.86. The Morgan fingerprint density at radius 1 is 1.03 bits per heavy atom. The first-order valence-electron chi connectivity index (χ1n) is 14.2. The van der Waals surface area contributed by atoms with Gasteiger partial charge in [0.15, 0.2) is 5.78 Å². The summed E-state index contributed by atoms with van der Waals surface area (Å²) in [4.78, 5) is 15.3. The largest absolute Gasteiger partial charge is 0.390 e. The lowest BCUT2D eigenvalue weighted by atomic mass is 9.42. The van der Waals surface area contributed by atoms with Crippen molar-refractivity contribution in [3.05, 3.63) is 23.8 Å². The number of hydrogen-bond donors (Lipinski definition) is 1. The smallest absolute Gasteiger partial charge is 0.159 e. The molecule has 0 bridgehead atoms. The molecule has 4 fully saturated rings. The summed E-state index contributed by atoms with van der Waals surface area (Å²) in [5.41, 5.74) is 2.96. The van der Waals surface area contributed by atoms with Crippen LogP contribution in [0, 0.1) is 47.3 Å². The molecule has 5 heteroatoms. The van der Waals surface area contributed by atoms with Crippen LogP contribution in [0.15, 0.2) is 18.2 Å². The summed E-state index contributed by atoms with van der Waals surface area (Å²) >= 11 is 0. The lowest BCUT2D eigenvalue weighted by molar-refractivity contribution is -0.158. The van der Waals surface area contributed by atoms with E-state index in [1.807, 2.05) is 12.1 Å². The van der Waals surface area contributed by atoms with Crippen molar-refractivity contribution in [3.63, 3.8) is 0 Å². The Balaban J connectivity index is 1.22. The molecular weight excluding hydrogens is 434 g/mol. The Labute approximate surface area is 210 Å². The summed E-state index contributed by atoms with van der Waals surface area (Å²) in [7, 11) is 0. The van der Waals surface area contributed by atoms with Crippen LogP contribution < -0.4 is 0 Å². The van der Waals surface area contributed by atoms with Crippen LogP contribution in [-0.2, 0) is 11.3 Å². The van der Waals surface area contributed by atoms with Crippen LogP contribution in [0.4, 0.5) is 0 Å². The van der Waals surface area contributed by atoms with Gasteiger partial charge in [0.2, 0.25) is 0 Å². The number of nitrogens with zero attached hydrogens (tertiary/aromatic N) is 3. The van der Waals surface area contributed by atoms with Gasteiger partial charge in [-0.25, -0.2) is 0 Å². The zero-order valence-electron chi connectivity index (χ0n) is 22.1. The van der Waals surface area contributed by atoms with Gasteiger partial charge in [-0.15, -0.1) is 0 Å². The molecule has 2 aromatic rings. The average molecular weight is 478 g/mol. The molecule has 4 saturated carbocycles. The second-order valence-corrected chi connectivity index (χ2v) is 13.3. The third kappa shape index (κ3) is 3.62. The minimum absolute atomic E-state index is 0.114. The molecule has 1 aromatic heterocycles. The maximum absolute atomic E-state index is 13.7. The number of aryl methyl sites for hydroxylation is 1. The highest BCUT2D eigenvalue weighted by atomic mass is 16.3. The molecule has 4 aliphatic rings. The van der Waals surface area contributed by atoms with Crippen LogP contribution in [-0.4, -0.2) is 31.5 Å². The minimum Gasteiger partial charge on any atom is -0.390 e. The molecule has 0 spiro atoms. The highest BCUT2D eigenvalue weighted by Crippen LogP contribution is 2.69. The lowest BCUT2D eigenvalue weighted by Gasteiger charge is -2.63. The topological polar surface area (TPSA) is 68.0 Å². The van der Waals surface area contributed by atoms with E-state index in [0.29, 0.717) is 29.6 Å². The van der Waals surface area contributed by atoms with Gasteiger partial charge >= 0.3 is 0 Å². The molecule has 1 heterocycles. The third-order valence-corrected chi connectivity index (χ3v) is 11.6. The predicted molar refractivity (Wildman–Crippen MR) is 138 cm³/mol. The normalized spacial score (nSPS) is 42.9. The number of benzene rings is 1. The first-order chi connectivity index (χ1) is 16.6. The number of carbonyl (C=O) groups is 1. The average Bonchev–Trinajstić information content (AvgIpc) is 3.37. The number of hydrogen-bond acceptors (Lipinski definition) is 4. The van der Waals surface area contributed by atoms with Crippen LogP contribution in [0.2, 0.25) is 0 Å². The first-order valence-corrected chi connectivity index (χ1v) is 14.2. The van der Waals surface area contributed by atoms with Gasteiger partial charge in [0.25, 0.3) is 0 Å². The number of rotatable bonds is 4. The van der Waals surface area contributed by atoms with Gasteiger partial charge in [0.05, 0.1) is 5.60 Å². The van der Waals surface area contributed by atoms with Crippen molar-refractivity contribution in [2.75, 3.05) is 0 Å². The van der Waals surface area contributed by atoms with E-state index in [0.717, 1.165) is 42.1 Å². The van der Waals surface area contributed by atoms with Crippen LogP contribution in [0.25, 0.3) is 11.0 Å². The van der Waals surface area contributed by atoms with E-state index in [1.165, 1.54) is 50.5 Å². The number of Topliss-reactive ketones (excluding diaryl/α,β-unsaturated/α-hetero) is 1. The van der Waals surface area contributed by atoms with Crippen molar-refractivity contribution in [1.29, 1.82) is 0 Å². The van der Waals surface area contributed by atoms with Crippen molar-refractivity contribution in [3.8, 4) is 0 Å². The quantitative estimate of drug-likeness (QED) is 0.577. The zero-order chi connectivity index (χ0) is 24.6. The molecule has 35 heavy (non-hydrogen) atoms. The molecule has 4 aliphatic carbocycles. The number of carbonyl (C=O) groups excluding carboxylic acids is 1. The summed E-state index contributed by atoms with van der Waals surface area (Å²) in [5.74, 6) is 3.32. The molecular formula is C30H43N3O2. The van der Waals surface area contributed by atoms with Crippen molar-refractivity contribution >= 4 is 16.8 Å². The van der Waals surface area contributed by atoms with Crippen molar-refractivity contribution < 1.29 is 9.90 Å². The van der Waals surface area contributed by atoms with Crippen molar-refractivity contribution in [1.82, 2.24) is 15.0 Å². The van der Waals surface area contributed by atoms with Crippen molar-refractivity contribution in [2.45, 2.75) is 104 Å². The number of ketones is 1. The fraction of sp³-hybridized carbons (Fsp3) is 0.767. The Hall–Kier alpha value is -1.75. The summed E-state index contributed by atoms with van der Waals surface area (Å²) < 4.78 is 0. The zero-order valence-corrected chi connectivity index (χ0v) is 22.1. The van der Waals surface area contributed by atoms with Crippen LogP contribution in [0.1, 0.15) is 90.5 Å². The molecule has 8 atom stereocenters. The van der Waals surface area contributed by atoms with E-state index in [-0.39, 0.29) is 11.3 Å². The fourth-order valence-corrected chi connectivity index (χ4v) is 9.86. The minimum atomic E-state index is -0.478. The molecule has 6 rings (SSSR count). The van der Waals surface area contributed by atoms with Gasteiger partial charge in [-0.2, -0.15) is 15.0 Å². The summed E-state index contributed by atoms with van der Waals surface area (Å²) in [5, 5.41) is 20.1. The number of aliphatic hydroxyl groups is 1. The summed E-state index contributed by atoms with van der Waals surface area (Å²) in [6.45, 7) is 9.27. The molecule has 0 radical (unpaired) electrons. The van der Waals surface area contributed by atoms with Crippen molar-refractivity contribution in [2.24, 2.45) is 40.4 Å². The van der Waals surface area contributed by atoms with E-state index in [2.05, 4.69) is 44.0 Å². The Morgan fingerprint density at radius 3 is 2.63 bits per heavy atom. The Kier molecular flexibility index (Phi) is 5.49. The molecule has 1 N–H and O–H groups in total. The molecule has 5 nitrogen and oxygen atoms in total. The van der Waals surface area contributed by atoms with E-state index in [9.17, 15) is 9.90 Å². The van der Waals surface area contributed by atoms with Gasteiger partial charge in [0.1, 0.15) is 17.6 Å². The molecule has 0 aliphatic heterocycles. The Morgan fingerprint density at radius 2 is 1.83 bits per heavy atom. The van der Waals surface area contributed by atoms with Crippen LogP contribution >= 0.6 is 0 Å². The monoisotopic (exact) mass is 477 g/mol. The highest BCUT2D eigenvalue weighted by Gasteiger charge is 2.62. The first kappa shape index (κ1) is 23.6.